The number of rotatable bonds is 2. The molecule has 0 saturated carbocycles. The van der Waals surface area contributed by atoms with Crippen LogP contribution in [0.15, 0.2) is 0 Å². The fourth-order valence-electron chi connectivity index (χ4n) is 1.05. The first-order valence-corrected chi connectivity index (χ1v) is 3.94. The minimum atomic E-state index is -4.39. The lowest BCUT2D eigenvalue weighted by Gasteiger charge is -2.03. The fourth-order valence-corrected chi connectivity index (χ4v) is 1.05. The SMILES string of the molecule is CCCn1nnc(C(F)(F)F)c1C. The van der Waals surface area contributed by atoms with E-state index < -0.39 is 11.9 Å². The quantitative estimate of drug-likeness (QED) is 0.719. The van der Waals surface area contributed by atoms with E-state index in [-0.39, 0.29) is 5.69 Å². The Morgan fingerprint density at radius 3 is 2.38 bits per heavy atom. The molecule has 0 aromatic carbocycles. The molecule has 0 aliphatic carbocycles. The van der Waals surface area contributed by atoms with Gasteiger partial charge in [-0.05, 0) is 13.3 Å². The second-order valence-corrected chi connectivity index (χ2v) is 2.74. The maximum Gasteiger partial charge on any atom is 0.437 e. The normalized spacial score (nSPS) is 12.1. The smallest absolute Gasteiger partial charge is 0.249 e. The molecule has 0 saturated heterocycles. The van der Waals surface area contributed by atoms with E-state index in [2.05, 4.69) is 10.3 Å². The monoisotopic (exact) mass is 193 g/mol. The largest absolute Gasteiger partial charge is 0.437 e. The summed E-state index contributed by atoms with van der Waals surface area (Å²) in [5.41, 5.74) is -0.810. The van der Waals surface area contributed by atoms with E-state index in [1.54, 1.807) is 0 Å². The van der Waals surface area contributed by atoms with Gasteiger partial charge in [0.15, 0.2) is 5.69 Å². The number of nitrogens with zero attached hydrogens (tertiary/aromatic N) is 3. The lowest BCUT2D eigenvalue weighted by molar-refractivity contribution is -0.141. The number of aromatic nitrogens is 3. The van der Waals surface area contributed by atoms with Crippen LogP contribution in [0.4, 0.5) is 13.2 Å². The molecule has 0 unspecified atom stereocenters. The van der Waals surface area contributed by atoms with E-state index >= 15 is 0 Å². The van der Waals surface area contributed by atoms with Gasteiger partial charge in [-0.3, -0.25) is 0 Å². The van der Waals surface area contributed by atoms with Crippen molar-refractivity contribution in [1.29, 1.82) is 0 Å². The summed E-state index contributed by atoms with van der Waals surface area (Å²) in [7, 11) is 0. The molecule has 0 bridgehead atoms. The average Bonchev–Trinajstić information content (AvgIpc) is 2.32. The molecule has 13 heavy (non-hydrogen) atoms. The standard InChI is InChI=1S/C7H10F3N3/c1-3-4-13-5(2)6(11-12-13)7(8,9)10/h3-4H2,1-2H3. The first kappa shape index (κ1) is 10.0. The predicted molar refractivity (Wildman–Crippen MR) is 40.1 cm³/mol. The zero-order chi connectivity index (χ0) is 10.1. The zero-order valence-corrected chi connectivity index (χ0v) is 7.39. The maximum absolute atomic E-state index is 12.2. The van der Waals surface area contributed by atoms with Crippen LogP contribution in [0.3, 0.4) is 0 Å². The van der Waals surface area contributed by atoms with Crippen LogP contribution in [0.2, 0.25) is 0 Å². The minimum Gasteiger partial charge on any atom is -0.249 e. The van der Waals surface area contributed by atoms with E-state index in [0.717, 1.165) is 6.42 Å². The highest BCUT2D eigenvalue weighted by Gasteiger charge is 2.36. The molecule has 0 aliphatic rings. The van der Waals surface area contributed by atoms with Crippen molar-refractivity contribution in [2.45, 2.75) is 33.0 Å². The van der Waals surface area contributed by atoms with Gasteiger partial charge in [-0.1, -0.05) is 12.1 Å². The van der Waals surface area contributed by atoms with Crippen LogP contribution < -0.4 is 0 Å². The van der Waals surface area contributed by atoms with Crippen LogP contribution in [0, 0.1) is 6.92 Å². The zero-order valence-electron chi connectivity index (χ0n) is 7.39. The van der Waals surface area contributed by atoms with Crippen molar-refractivity contribution in [3.05, 3.63) is 11.4 Å². The molecular weight excluding hydrogens is 183 g/mol. The Morgan fingerprint density at radius 1 is 1.38 bits per heavy atom. The maximum atomic E-state index is 12.2. The second kappa shape index (κ2) is 3.35. The molecule has 1 aromatic heterocycles. The number of halogens is 3. The average molecular weight is 193 g/mol. The van der Waals surface area contributed by atoms with Crippen molar-refractivity contribution in [3.63, 3.8) is 0 Å². The molecule has 0 N–H and O–H groups in total. The Hall–Kier alpha value is -1.07. The number of hydrogen-bond donors (Lipinski definition) is 0. The fraction of sp³-hybridized carbons (Fsp3) is 0.714. The summed E-state index contributed by atoms with van der Waals surface area (Å²) in [6.45, 7) is 3.71. The lowest BCUT2D eigenvalue weighted by atomic mass is 10.3. The molecule has 1 heterocycles. The van der Waals surface area contributed by atoms with Gasteiger partial charge in [-0.2, -0.15) is 13.2 Å². The van der Waals surface area contributed by atoms with Gasteiger partial charge in [-0.15, -0.1) is 5.10 Å². The van der Waals surface area contributed by atoms with Crippen molar-refractivity contribution in [3.8, 4) is 0 Å². The van der Waals surface area contributed by atoms with Gasteiger partial charge in [0.05, 0.1) is 5.69 Å². The first-order valence-electron chi connectivity index (χ1n) is 3.94. The molecule has 1 rings (SSSR count). The van der Waals surface area contributed by atoms with Crippen LogP contribution in [0.25, 0.3) is 0 Å². The molecule has 0 spiro atoms. The van der Waals surface area contributed by atoms with Crippen molar-refractivity contribution in [2.75, 3.05) is 0 Å². The molecule has 0 radical (unpaired) electrons. The van der Waals surface area contributed by atoms with E-state index in [1.165, 1.54) is 11.6 Å². The highest BCUT2D eigenvalue weighted by Crippen LogP contribution is 2.29. The Balaban J connectivity index is 2.99. The topological polar surface area (TPSA) is 30.7 Å². The number of hydrogen-bond acceptors (Lipinski definition) is 2. The highest BCUT2D eigenvalue weighted by atomic mass is 19.4. The molecule has 0 aliphatic heterocycles. The Bertz CT molecular complexity index is 290. The number of aryl methyl sites for hydroxylation is 1. The van der Waals surface area contributed by atoms with E-state index in [9.17, 15) is 13.2 Å². The predicted octanol–water partition coefficient (Wildman–Crippen LogP) is 2.02. The third-order valence-electron chi connectivity index (χ3n) is 1.69. The first-order chi connectivity index (χ1) is 5.96. The van der Waals surface area contributed by atoms with Gasteiger partial charge in [0.2, 0.25) is 0 Å². The summed E-state index contributed by atoms with van der Waals surface area (Å²) in [4.78, 5) is 0. The summed E-state index contributed by atoms with van der Waals surface area (Å²) >= 11 is 0. The van der Waals surface area contributed by atoms with Gasteiger partial charge in [0.25, 0.3) is 0 Å². The molecule has 3 nitrogen and oxygen atoms in total. The third-order valence-corrected chi connectivity index (χ3v) is 1.69. The van der Waals surface area contributed by atoms with Gasteiger partial charge in [0.1, 0.15) is 0 Å². The molecule has 0 fully saturated rings. The summed E-state index contributed by atoms with van der Waals surface area (Å²) < 4.78 is 37.8. The summed E-state index contributed by atoms with van der Waals surface area (Å²) in [6.07, 6.45) is -3.66. The van der Waals surface area contributed by atoms with Gasteiger partial charge >= 0.3 is 6.18 Å². The summed E-state index contributed by atoms with van der Waals surface area (Å²) in [5.74, 6) is 0. The van der Waals surface area contributed by atoms with E-state index in [1.807, 2.05) is 6.92 Å². The van der Waals surface area contributed by atoms with E-state index in [4.69, 9.17) is 0 Å². The molecule has 1 aromatic rings. The third kappa shape index (κ3) is 1.99. The summed E-state index contributed by atoms with van der Waals surface area (Å²) in [6, 6.07) is 0. The van der Waals surface area contributed by atoms with Crippen molar-refractivity contribution in [2.24, 2.45) is 0 Å². The van der Waals surface area contributed by atoms with Gasteiger partial charge < -0.3 is 0 Å². The molecule has 0 amide bonds. The highest BCUT2D eigenvalue weighted by molar-refractivity contribution is 5.11. The Labute approximate surface area is 73.5 Å². The van der Waals surface area contributed by atoms with Crippen LogP contribution in [-0.2, 0) is 12.7 Å². The minimum absolute atomic E-state index is 0.0781. The molecule has 74 valence electrons. The summed E-state index contributed by atoms with van der Waals surface area (Å²) in [5, 5.41) is 6.51. The van der Waals surface area contributed by atoms with Gasteiger partial charge in [-0.25, -0.2) is 4.68 Å². The van der Waals surface area contributed by atoms with Crippen LogP contribution in [0.1, 0.15) is 24.7 Å². The van der Waals surface area contributed by atoms with Crippen molar-refractivity contribution in [1.82, 2.24) is 15.0 Å². The van der Waals surface area contributed by atoms with E-state index in [0.29, 0.717) is 6.54 Å². The molecule has 0 atom stereocenters. The lowest BCUT2D eigenvalue weighted by Crippen LogP contribution is -2.09. The van der Waals surface area contributed by atoms with Crippen molar-refractivity contribution >= 4 is 0 Å². The second-order valence-electron chi connectivity index (χ2n) is 2.74. The Morgan fingerprint density at radius 2 is 2.00 bits per heavy atom. The Kier molecular flexibility index (Phi) is 2.58. The molecular formula is C7H10F3N3. The molecule has 6 heteroatoms. The van der Waals surface area contributed by atoms with Gasteiger partial charge in [0, 0.05) is 6.54 Å². The van der Waals surface area contributed by atoms with Crippen molar-refractivity contribution < 1.29 is 13.2 Å². The van der Waals surface area contributed by atoms with Crippen LogP contribution in [-0.4, -0.2) is 15.0 Å². The van der Waals surface area contributed by atoms with Crippen LogP contribution in [0.5, 0.6) is 0 Å². The number of alkyl halides is 3. The van der Waals surface area contributed by atoms with Crippen LogP contribution >= 0.6 is 0 Å².